The number of nitrogens with zero attached hydrogens (tertiary/aromatic N) is 2. The predicted molar refractivity (Wildman–Crippen MR) is 109 cm³/mol. The van der Waals surface area contributed by atoms with Crippen molar-refractivity contribution in [2.75, 3.05) is 0 Å². The van der Waals surface area contributed by atoms with Crippen LogP contribution in [0.3, 0.4) is 0 Å². The Kier molecular flexibility index (Phi) is 5.73. The van der Waals surface area contributed by atoms with Crippen molar-refractivity contribution in [2.45, 2.75) is 33.7 Å². The number of amides is 1. The standard InChI is InChI=1S/C23H25N3O2/c1-17-20(16-26(25-17)19-12-8-5-9-13-19)21(27)14-23(2,3)22(28)24-15-18-10-6-4-7-11-18/h4-13,16H,14-15H2,1-3H3,(H,24,28). The molecule has 0 aliphatic rings. The molecule has 2 aromatic carbocycles. The highest BCUT2D eigenvalue weighted by Crippen LogP contribution is 2.25. The Bertz CT molecular complexity index is 960. The van der Waals surface area contributed by atoms with Gasteiger partial charge in [0, 0.05) is 19.2 Å². The van der Waals surface area contributed by atoms with E-state index in [9.17, 15) is 9.59 Å². The maximum Gasteiger partial charge on any atom is 0.226 e. The van der Waals surface area contributed by atoms with E-state index in [2.05, 4.69) is 10.4 Å². The number of hydrogen-bond donors (Lipinski definition) is 1. The van der Waals surface area contributed by atoms with E-state index in [4.69, 9.17) is 0 Å². The van der Waals surface area contributed by atoms with Gasteiger partial charge in [-0.25, -0.2) is 4.68 Å². The normalized spacial score (nSPS) is 11.2. The van der Waals surface area contributed by atoms with E-state index in [1.54, 1.807) is 24.7 Å². The van der Waals surface area contributed by atoms with Gasteiger partial charge >= 0.3 is 0 Å². The minimum Gasteiger partial charge on any atom is -0.352 e. The molecule has 0 spiro atoms. The summed E-state index contributed by atoms with van der Waals surface area (Å²) in [5.41, 5.74) is 2.32. The molecule has 1 aromatic heterocycles. The second-order valence-electron chi connectivity index (χ2n) is 7.56. The zero-order valence-electron chi connectivity index (χ0n) is 16.5. The van der Waals surface area contributed by atoms with Crippen molar-refractivity contribution in [3.63, 3.8) is 0 Å². The van der Waals surface area contributed by atoms with Crippen LogP contribution in [0.25, 0.3) is 5.69 Å². The molecule has 144 valence electrons. The molecule has 0 radical (unpaired) electrons. The summed E-state index contributed by atoms with van der Waals surface area (Å²) in [4.78, 5) is 25.5. The van der Waals surface area contributed by atoms with Gasteiger partial charge in [-0.3, -0.25) is 9.59 Å². The SMILES string of the molecule is Cc1nn(-c2ccccc2)cc1C(=O)CC(C)(C)C(=O)NCc1ccccc1. The van der Waals surface area contributed by atoms with E-state index in [1.165, 1.54) is 0 Å². The average Bonchev–Trinajstić information content (AvgIpc) is 3.09. The number of para-hydroxylation sites is 1. The van der Waals surface area contributed by atoms with Crippen molar-refractivity contribution < 1.29 is 9.59 Å². The minimum atomic E-state index is -0.812. The number of Topliss-reactive ketones (excluding diaryl/α,β-unsaturated/α-hetero) is 1. The number of benzene rings is 2. The van der Waals surface area contributed by atoms with Crippen molar-refractivity contribution in [1.82, 2.24) is 15.1 Å². The van der Waals surface area contributed by atoms with E-state index < -0.39 is 5.41 Å². The smallest absolute Gasteiger partial charge is 0.226 e. The van der Waals surface area contributed by atoms with E-state index in [-0.39, 0.29) is 18.1 Å². The van der Waals surface area contributed by atoms with Crippen LogP contribution in [0.15, 0.2) is 66.9 Å². The second kappa shape index (κ2) is 8.21. The Morgan fingerprint density at radius 3 is 2.25 bits per heavy atom. The topological polar surface area (TPSA) is 64.0 Å². The zero-order chi connectivity index (χ0) is 20.1. The molecule has 3 aromatic rings. The van der Waals surface area contributed by atoms with E-state index in [1.807, 2.05) is 67.6 Å². The summed E-state index contributed by atoms with van der Waals surface area (Å²) in [5, 5.41) is 7.38. The molecule has 28 heavy (non-hydrogen) atoms. The molecule has 1 N–H and O–H groups in total. The maximum absolute atomic E-state index is 12.9. The van der Waals surface area contributed by atoms with Gasteiger partial charge in [-0.2, -0.15) is 5.10 Å². The van der Waals surface area contributed by atoms with Gasteiger partial charge in [0.25, 0.3) is 0 Å². The van der Waals surface area contributed by atoms with E-state index in [0.29, 0.717) is 17.8 Å². The lowest BCUT2D eigenvalue weighted by atomic mass is 9.84. The van der Waals surface area contributed by atoms with Crippen LogP contribution in [-0.2, 0) is 11.3 Å². The fraction of sp³-hybridized carbons (Fsp3) is 0.261. The Morgan fingerprint density at radius 2 is 1.61 bits per heavy atom. The van der Waals surface area contributed by atoms with Gasteiger partial charge in [0.15, 0.2) is 5.78 Å². The van der Waals surface area contributed by atoms with Gasteiger partial charge in [-0.05, 0) is 24.6 Å². The minimum absolute atomic E-state index is 0.0838. The van der Waals surface area contributed by atoms with Crippen LogP contribution in [0.4, 0.5) is 0 Å². The van der Waals surface area contributed by atoms with Gasteiger partial charge in [0.1, 0.15) is 0 Å². The number of hydrogen-bond acceptors (Lipinski definition) is 3. The second-order valence-corrected chi connectivity index (χ2v) is 7.56. The first kappa shape index (κ1) is 19.5. The quantitative estimate of drug-likeness (QED) is 0.633. The molecule has 0 saturated heterocycles. The summed E-state index contributed by atoms with van der Waals surface area (Å²) in [6.07, 6.45) is 1.86. The summed E-state index contributed by atoms with van der Waals surface area (Å²) >= 11 is 0. The van der Waals surface area contributed by atoms with Gasteiger partial charge in [-0.1, -0.05) is 62.4 Å². The molecule has 0 atom stereocenters. The molecule has 0 aliphatic heterocycles. The first-order chi connectivity index (χ1) is 13.4. The highest BCUT2D eigenvalue weighted by molar-refractivity contribution is 6.00. The predicted octanol–water partition coefficient (Wildman–Crippen LogP) is 4.10. The third-order valence-corrected chi connectivity index (χ3v) is 4.73. The molecule has 3 rings (SSSR count). The lowest BCUT2D eigenvalue weighted by molar-refractivity contribution is -0.129. The summed E-state index contributed by atoms with van der Waals surface area (Å²) < 4.78 is 1.70. The van der Waals surface area contributed by atoms with Crippen LogP contribution in [0.2, 0.25) is 0 Å². The fourth-order valence-electron chi connectivity index (χ4n) is 3.04. The first-order valence-corrected chi connectivity index (χ1v) is 9.34. The molecule has 1 heterocycles. The number of aryl methyl sites for hydroxylation is 1. The molecule has 0 saturated carbocycles. The van der Waals surface area contributed by atoms with Crippen LogP contribution < -0.4 is 5.32 Å². The fourth-order valence-corrected chi connectivity index (χ4v) is 3.04. The molecule has 5 nitrogen and oxygen atoms in total. The van der Waals surface area contributed by atoms with Crippen LogP contribution in [0, 0.1) is 12.3 Å². The number of nitrogens with one attached hydrogen (secondary N) is 1. The van der Waals surface area contributed by atoms with Crippen LogP contribution in [-0.4, -0.2) is 21.5 Å². The summed E-state index contributed by atoms with van der Waals surface area (Å²) in [6, 6.07) is 19.4. The Morgan fingerprint density at radius 1 is 1.00 bits per heavy atom. The molecule has 0 fully saturated rings. The third kappa shape index (κ3) is 4.55. The van der Waals surface area contributed by atoms with Crippen LogP contribution in [0.5, 0.6) is 0 Å². The number of rotatable bonds is 7. The largest absolute Gasteiger partial charge is 0.352 e. The molecule has 1 amide bonds. The van der Waals surface area contributed by atoms with Crippen molar-refractivity contribution in [3.05, 3.63) is 83.7 Å². The zero-order valence-corrected chi connectivity index (χ0v) is 16.5. The maximum atomic E-state index is 12.9. The van der Waals surface area contributed by atoms with Gasteiger partial charge in [0.05, 0.1) is 22.4 Å². The number of carbonyl (C=O) groups excluding carboxylic acids is 2. The summed E-state index contributed by atoms with van der Waals surface area (Å²) in [5.74, 6) is -0.225. The van der Waals surface area contributed by atoms with Crippen molar-refractivity contribution >= 4 is 11.7 Å². The van der Waals surface area contributed by atoms with Gasteiger partial charge in [-0.15, -0.1) is 0 Å². The number of aromatic nitrogens is 2. The number of carbonyl (C=O) groups is 2. The molecular weight excluding hydrogens is 350 g/mol. The highest BCUT2D eigenvalue weighted by atomic mass is 16.2. The summed E-state index contributed by atoms with van der Waals surface area (Å²) in [6.45, 7) is 5.85. The highest BCUT2D eigenvalue weighted by Gasteiger charge is 2.31. The molecule has 5 heteroatoms. The van der Waals surface area contributed by atoms with Crippen molar-refractivity contribution in [2.24, 2.45) is 5.41 Å². The molecule has 0 bridgehead atoms. The molecule has 0 unspecified atom stereocenters. The lowest BCUT2D eigenvalue weighted by Crippen LogP contribution is -2.38. The van der Waals surface area contributed by atoms with E-state index >= 15 is 0 Å². The Balaban J connectivity index is 1.67. The summed E-state index contributed by atoms with van der Waals surface area (Å²) in [7, 11) is 0. The van der Waals surface area contributed by atoms with Crippen LogP contribution in [0.1, 0.15) is 41.9 Å². The Labute approximate surface area is 165 Å². The van der Waals surface area contributed by atoms with Crippen molar-refractivity contribution in [1.29, 1.82) is 0 Å². The third-order valence-electron chi connectivity index (χ3n) is 4.73. The molecular formula is C23H25N3O2. The first-order valence-electron chi connectivity index (χ1n) is 9.34. The van der Waals surface area contributed by atoms with Crippen molar-refractivity contribution in [3.8, 4) is 5.69 Å². The van der Waals surface area contributed by atoms with Gasteiger partial charge < -0.3 is 5.32 Å². The van der Waals surface area contributed by atoms with E-state index in [0.717, 1.165) is 11.3 Å². The Hall–Kier alpha value is -3.21. The average molecular weight is 375 g/mol. The monoisotopic (exact) mass is 375 g/mol. The number of ketones is 1. The lowest BCUT2D eigenvalue weighted by Gasteiger charge is -2.22. The van der Waals surface area contributed by atoms with Gasteiger partial charge in [0.2, 0.25) is 5.91 Å². The van der Waals surface area contributed by atoms with Crippen LogP contribution >= 0.6 is 0 Å². The molecule has 0 aliphatic carbocycles.